The van der Waals surface area contributed by atoms with E-state index >= 15 is 0 Å². The molecule has 2 aliphatic rings. The fourth-order valence-corrected chi connectivity index (χ4v) is 3.95. The fourth-order valence-electron chi connectivity index (χ4n) is 3.95. The highest BCUT2D eigenvalue weighted by Gasteiger charge is 2.26. The SMILES string of the molecule is O=C(CN1CCCC1)NC1CCC(n2nnc(-c3ccccc3)n2)CC1. The van der Waals surface area contributed by atoms with Crippen molar-refractivity contribution < 1.29 is 4.79 Å². The Labute approximate surface area is 153 Å². The average molecular weight is 354 g/mol. The van der Waals surface area contributed by atoms with Gasteiger partial charge in [-0.1, -0.05) is 30.3 Å². The standard InChI is InChI=1S/C19H26N6O/c26-18(14-24-12-4-5-13-24)20-16-8-10-17(11-9-16)25-22-19(21-23-25)15-6-2-1-3-7-15/h1-3,6-7,16-17H,4-5,8-14H2,(H,20,26). The number of amides is 1. The molecule has 0 radical (unpaired) electrons. The van der Waals surface area contributed by atoms with Crippen LogP contribution in [-0.2, 0) is 4.79 Å². The molecular formula is C19H26N6O. The third-order valence-electron chi connectivity index (χ3n) is 5.41. The number of carbonyl (C=O) groups excluding carboxylic acids is 1. The molecule has 2 heterocycles. The van der Waals surface area contributed by atoms with Crippen molar-refractivity contribution in [1.29, 1.82) is 0 Å². The average Bonchev–Trinajstić information content (AvgIpc) is 3.35. The van der Waals surface area contributed by atoms with Gasteiger partial charge in [-0.2, -0.15) is 4.80 Å². The van der Waals surface area contributed by atoms with E-state index in [1.165, 1.54) is 12.8 Å². The highest BCUT2D eigenvalue weighted by molar-refractivity contribution is 5.78. The van der Waals surface area contributed by atoms with E-state index in [0.717, 1.165) is 44.3 Å². The largest absolute Gasteiger partial charge is 0.352 e. The van der Waals surface area contributed by atoms with E-state index in [4.69, 9.17) is 0 Å². The van der Waals surface area contributed by atoms with Gasteiger partial charge in [0.15, 0.2) is 0 Å². The Morgan fingerprint density at radius 3 is 2.54 bits per heavy atom. The predicted octanol–water partition coefficient (Wildman–Crippen LogP) is 2.04. The molecule has 0 unspecified atom stereocenters. The summed E-state index contributed by atoms with van der Waals surface area (Å²) in [5.41, 5.74) is 0.988. The summed E-state index contributed by atoms with van der Waals surface area (Å²) in [6.45, 7) is 2.66. The van der Waals surface area contributed by atoms with E-state index in [0.29, 0.717) is 12.4 Å². The Balaban J connectivity index is 1.27. The van der Waals surface area contributed by atoms with Gasteiger partial charge in [0.1, 0.15) is 0 Å². The summed E-state index contributed by atoms with van der Waals surface area (Å²) in [5, 5.41) is 16.2. The summed E-state index contributed by atoms with van der Waals surface area (Å²) >= 11 is 0. The number of nitrogens with one attached hydrogen (secondary N) is 1. The van der Waals surface area contributed by atoms with Gasteiger partial charge in [-0.15, -0.1) is 10.2 Å². The minimum absolute atomic E-state index is 0.167. The molecule has 1 aliphatic carbocycles. The van der Waals surface area contributed by atoms with Crippen LogP contribution in [0.2, 0.25) is 0 Å². The number of hydrogen-bond acceptors (Lipinski definition) is 5. The summed E-state index contributed by atoms with van der Waals surface area (Å²) in [6, 6.07) is 10.5. The lowest BCUT2D eigenvalue weighted by Crippen LogP contribution is -2.43. The minimum atomic E-state index is 0.167. The van der Waals surface area contributed by atoms with E-state index < -0.39 is 0 Å². The van der Waals surface area contributed by atoms with Crippen LogP contribution in [0.4, 0.5) is 0 Å². The number of hydrogen-bond donors (Lipinski definition) is 1. The second kappa shape index (κ2) is 7.95. The van der Waals surface area contributed by atoms with E-state index in [2.05, 4.69) is 25.6 Å². The maximum Gasteiger partial charge on any atom is 0.234 e. The van der Waals surface area contributed by atoms with Crippen LogP contribution in [0, 0.1) is 0 Å². The Morgan fingerprint density at radius 2 is 1.81 bits per heavy atom. The van der Waals surface area contributed by atoms with Gasteiger partial charge in [0, 0.05) is 11.6 Å². The maximum atomic E-state index is 12.2. The third kappa shape index (κ3) is 4.09. The fraction of sp³-hybridized carbons (Fsp3) is 0.579. The number of carbonyl (C=O) groups is 1. The second-order valence-electron chi connectivity index (χ2n) is 7.36. The zero-order chi connectivity index (χ0) is 17.8. The molecular weight excluding hydrogens is 328 g/mol. The molecule has 1 saturated carbocycles. The monoisotopic (exact) mass is 354 g/mol. The lowest BCUT2D eigenvalue weighted by molar-refractivity contribution is -0.123. The molecule has 1 aliphatic heterocycles. The Bertz CT molecular complexity index is 717. The first-order valence-corrected chi connectivity index (χ1v) is 9.64. The molecule has 4 rings (SSSR count). The second-order valence-corrected chi connectivity index (χ2v) is 7.36. The molecule has 1 amide bonds. The molecule has 1 aromatic heterocycles. The van der Waals surface area contributed by atoms with Crippen LogP contribution in [0.5, 0.6) is 0 Å². The zero-order valence-electron chi connectivity index (χ0n) is 15.0. The molecule has 26 heavy (non-hydrogen) atoms. The van der Waals surface area contributed by atoms with Crippen LogP contribution in [0.1, 0.15) is 44.6 Å². The van der Waals surface area contributed by atoms with E-state index in [9.17, 15) is 4.79 Å². The lowest BCUT2D eigenvalue weighted by atomic mass is 9.91. The van der Waals surface area contributed by atoms with Crippen LogP contribution >= 0.6 is 0 Å². The molecule has 2 fully saturated rings. The van der Waals surface area contributed by atoms with Crippen molar-refractivity contribution in [2.45, 2.75) is 50.6 Å². The number of likely N-dealkylation sites (tertiary alicyclic amines) is 1. The van der Waals surface area contributed by atoms with Crippen LogP contribution in [-0.4, -0.2) is 56.7 Å². The molecule has 0 spiro atoms. The van der Waals surface area contributed by atoms with Gasteiger partial charge in [-0.05, 0) is 56.8 Å². The normalized spacial score (nSPS) is 23.8. The Morgan fingerprint density at radius 1 is 1.08 bits per heavy atom. The van der Waals surface area contributed by atoms with Gasteiger partial charge < -0.3 is 5.32 Å². The molecule has 0 bridgehead atoms. The van der Waals surface area contributed by atoms with Crippen LogP contribution in [0.3, 0.4) is 0 Å². The molecule has 7 nitrogen and oxygen atoms in total. The Hall–Kier alpha value is -2.28. The van der Waals surface area contributed by atoms with Crippen molar-refractivity contribution in [3.63, 3.8) is 0 Å². The van der Waals surface area contributed by atoms with E-state index in [-0.39, 0.29) is 18.0 Å². The van der Waals surface area contributed by atoms with Crippen molar-refractivity contribution >= 4 is 5.91 Å². The third-order valence-corrected chi connectivity index (χ3v) is 5.41. The number of tetrazole rings is 1. The molecule has 1 saturated heterocycles. The highest BCUT2D eigenvalue weighted by atomic mass is 16.2. The van der Waals surface area contributed by atoms with Crippen molar-refractivity contribution in [2.75, 3.05) is 19.6 Å². The van der Waals surface area contributed by atoms with Gasteiger partial charge in [-0.3, -0.25) is 9.69 Å². The van der Waals surface area contributed by atoms with Crippen molar-refractivity contribution in [2.24, 2.45) is 0 Å². The lowest BCUT2D eigenvalue weighted by Gasteiger charge is -2.28. The van der Waals surface area contributed by atoms with Gasteiger partial charge in [-0.25, -0.2) is 0 Å². The maximum absolute atomic E-state index is 12.2. The molecule has 0 atom stereocenters. The molecule has 1 aromatic carbocycles. The predicted molar refractivity (Wildman–Crippen MR) is 98.4 cm³/mol. The quantitative estimate of drug-likeness (QED) is 0.889. The summed E-state index contributed by atoms with van der Waals surface area (Å²) in [6.07, 6.45) is 6.32. The van der Waals surface area contributed by atoms with Crippen molar-refractivity contribution in [1.82, 2.24) is 30.4 Å². The topological polar surface area (TPSA) is 75.9 Å². The summed E-state index contributed by atoms with van der Waals surface area (Å²) in [4.78, 5) is 16.2. The minimum Gasteiger partial charge on any atom is -0.352 e. The summed E-state index contributed by atoms with van der Waals surface area (Å²) in [5.74, 6) is 0.840. The first kappa shape index (κ1) is 17.1. The van der Waals surface area contributed by atoms with E-state index in [1.54, 1.807) is 4.80 Å². The van der Waals surface area contributed by atoms with Gasteiger partial charge >= 0.3 is 0 Å². The summed E-state index contributed by atoms with van der Waals surface area (Å²) in [7, 11) is 0. The van der Waals surface area contributed by atoms with Crippen LogP contribution in [0.25, 0.3) is 11.4 Å². The number of nitrogens with zero attached hydrogens (tertiary/aromatic N) is 5. The molecule has 2 aromatic rings. The van der Waals surface area contributed by atoms with E-state index in [1.807, 2.05) is 30.3 Å². The summed E-state index contributed by atoms with van der Waals surface area (Å²) < 4.78 is 0. The molecule has 1 N–H and O–H groups in total. The number of rotatable bonds is 5. The molecule has 138 valence electrons. The number of aromatic nitrogens is 4. The van der Waals surface area contributed by atoms with Crippen molar-refractivity contribution in [3.8, 4) is 11.4 Å². The van der Waals surface area contributed by atoms with Crippen LogP contribution < -0.4 is 5.32 Å². The molecule has 7 heteroatoms. The van der Waals surface area contributed by atoms with Gasteiger partial charge in [0.2, 0.25) is 11.7 Å². The van der Waals surface area contributed by atoms with Crippen LogP contribution in [0.15, 0.2) is 30.3 Å². The van der Waals surface area contributed by atoms with Crippen molar-refractivity contribution in [3.05, 3.63) is 30.3 Å². The first-order valence-electron chi connectivity index (χ1n) is 9.64. The first-order chi connectivity index (χ1) is 12.8. The van der Waals surface area contributed by atoms with Gasteiger partial charge in [0.25, 0.3) is 0 Å². The highest BCUT2D eigenvalue weighted by Crippen LogP contribution is 2.27. The van der Waals surface area contributed by atoms with Gasteiger partial charge in [0.05, 0.1) is 12.6 Å². The zero-order valence-corrected chi connectivity index (χ0v) is 15.0. The number of benzene rings is 1. The Kier molecular flexibility index (Phi) is 5.24. The smallest absolute Gasteiger partial charge is 0.234 e.